The zero-order chi connectivity index (χ0) is 15.4. The van der Waals surface area contributed by atoms with Crippen molar-refractivity contribution in [3.05, 3.63) is 58.4 Å². The highest BCUT2D eigenvalue weighted by Crippen LogP contribution is 2.29. The molecule has 0 atom stereocenters. The summed E-state index contributed by atoms with van der Waals surface area (Å²) in [5.74, 6) is -1.42. The molecule has 4 N–H and O–H groups in total. The van der Waals surface area contributed by atoms with Gasteiger partial charge in [-0.25, -0.2) is 9.18 Å². The Bertz CT molecular complexity index is 677. The minimum Gasteiger partial charge on any atom is -0.478 e. The number of halogens is 2. The van der Waals surface area contributed by atoms with Gasteiger partial charge in [0, 0.05) is 12.2 Å². The highest BCUT2D eigenvalue weighted by atomic mass is 35.5. The standard InChI is InChI=1S/C15H14ClFN2O2/c16-13-8-11(18)7-12(15(20)21)14(13)19-5-4-9-2-1-3-10(17)6-9/h1-3,6-8,19H,4-5,18H2,(H,20,21). The van der Waals surface area contributed by atoms with Crippen molar-refractivity contribution < 1.29 is 14.3 Å². The molecule has 2 rings (SSSR count). The van der Waals surface area contributed by atoms with Crippen molar-refractivity contribution in [2.75, 3.05) is 17.6 Å². The third kappa shape index (κ3) is 3.86. The van der Waals surface area contributed by atoms with Crippen LogP contribution in [0.15, 0.2) is 36.4 Å². The van der Waals surface area contributed by atoms with Crippen molar-refractivity contribution in [1.29, 1.82) is 0 Å². The molecule has 2 aromatic carbocycles. The maximum absolute atomic E-state index is 13.1. The van der Waals surface area contributed by atoms with E-state index in [2.05, 4.69) is 5.32 Å². The van der Waals surface area contributed by atoms with Gasteiger partial charge in [-0.3, -0.25) is 0 Å². The Hall–Kier alpha value is -2.27. The molecule has 0 unspecified atom stereocenters. The second kappa shape index (κ2) is 6.45. The first-order chi connectivity index (χ1) is 9.97. The second-order valence-electron chi connectivity index (χ2n) is 4.54. The summed E-state index contributed by atoms with van der Waals surface area (Å²) < 4.78 is 13.1. The Morgan fingerprint density at radius 3 is 2.76 bits per heavy atom. The Kier molecular flexibility index (Phi) is 4.65. The van der Waals surface area contributed by atoms with Crippen LogP contribution in [-0.4, -0.2) is 17.6 Å². The minimum atomic E-state index is -1.11. The van der Waals surface area contributed by atoms with Gasteiger partial charge in [0.25, 0.3) is 0 Å². The number of carboxylic acid groups (broad SMARTS) is 1. The van der Waals surface area contributed by atoms with Crippen LogP contribution in [-0.2, 0) is 6.42 Å². The largest absolute Gasteiger partial charge is 0.478 e. The molecule has 0 aliphatic carbocycles. The van der Waals surface area contributed by atoms with Crippen LogP contribution in [0.2, 0.25) is 5.02 Å². The third-order valence-electron chi connectivity index (χ3n) is 2.95. The average molecular weight is 309 g/mol. The lowest BCUT2D eigenvalue weighted by Crippen LogP contribution is -2.11. The number of rotatable bonds is 5. The van der Waals surface area contributed by atoms with E-state index in [4.69, 9.17) is 22.4 Å². The first kappa shape index (κ1) is 15.1. The number of nitrogens with two attached hydrogens (primary N) is 1. The zero-order valence-corrected chi connectivity index (χ0v) is 11.8. The van der Waals surface area contributed by atoms with E-state index >= 15 is 0 Å². The summed E-state index contributed by atoms with van der Waals surface area (Å²) in [7, 11) is 0. The van der Waals surface area contributed by atoms with Crippen LogP contribution in [0.1, 0.15) is 15.9 Å². The molecular formula is C15H14ClFN2O2. The highest BCUT2D eigenvalue weighted by molar-refractivity contribution is 6.34. The van der Waals surface area contributed by atoms with Gasteiger partial charge in [-0.05, 0) is 36.2 Å². The SMILES string of the molecule is Nc1cc(Cl)c(NCCc2cccc(F)c2)c(C(=O)O)c1. The zero-order valence-electron chi connectivity index (χ0n) is 11.1. The van der Waals surface area contributed by atoms with Crippen molar-refractivity contribution in [2.24, 2.45) is 0 Å². The molecule has 0 spiro atoms. The van der Waals surface area contributed by atoms with Gasteiger partial charge < -0.3 is 16.2 Å². The number of carbonyl (C=O) groups is 1. The summed E-state index contributed by atoms with van der Waals surface area (Å²) in [6.07, 6.45) is 0.539. The van der Waals surface area contributed by atoms with Gasteiger partial charge in [-0.1, -0.05) is 23.7 Å². The fourth-order valence-electron chi connectivity index (χ4n) is 2.00. The van der Waals surface area contributed by atoms with Crippen molar-refractivity contribution in [1.82, 2.24) is 0 Å². The van der Waals surface area contributed by atoms with Gasteiger partial charge in [0.15, 0.2) is 0 Å². The predicted octanol–water partition coefficient (Wildman–Crippen LogP) is 3.41. The van der Waals surface area contributed by atoms with Crippen LogP contribution < -0.4 is 11.1 Å². The van der Waals surface area contributed by atoms with Crippen molar-refractivity contribution in [3.63, 3.8) is 0 Å². The number of benzene rings is 2. The fraction of sp³-hybridized carbons (Fsp3) is 0.133. The molecule has 0 bridgehead atoms. The number of hydrogen-bond acceptors (Lipinski definition) is 3. The Labute approximate surface area is 126 Å². The van der Waals surface area contributed by atoms with Crippen molar-refractivity contribution in [2.45, 2.75) is 6.42 Å². The molecule has 110 valence electrons. The smallest absolute Gasteiger partial charge is 0.337 e. The monoisotopic (exact) mass is 308 g/mol. The second-order valence-corrected chi connectivity index (χ2v) is 4.94. The maximum Gasteiger partial charge on any atom is 0.337 e. The molecule has 0 saturated carbocycles. The summed E-state index contributed by atoms with van der Waals surface area (Å²) >= 11 is 6.02. The number of nitrogen functional groups attached to an aromatic ring is 1. The summed E-state index contributed by atoms with van der Waals surface area (Å²) in [6, 6.07) is 9.06. The van der Waals surface area contributed by atoms with Crippen molar-refractivity contribution in [3.8, 4) is 0 Å². The van der Waals surface area contributed by atoms with E-state index in [1.165, 1.54) is 24.3 Å². The third-order valence-corrected chi connectivity index (χ3v) is 3.25. The number of nitrogens with one attached hydrogen (secondary N) is 1. The van der Waals surface area contributed by atoms with E-state index in [-0.39, 0.29) is 22.1 Å². The lowest BCUT2D eigenvalue weighted by atomic mass is 10.1. The maximum atomic E-state index is 13.1. The number of aromatic carboxylic acids is 1. The van der Waals surface area contributed by atoms with Crippen LogP contribution in [0, 0.1) is 5.82 Å². The molecule has 0 aliphatic rings. The summed E-state index contributed by atoms with van der Waals surface area (Å²) in [5.41, 5.74) is 7.01. The minimum absolute atomic E-state index is 0.0132. The number of anilines is 2. The molecule has 0 heterocycles. The lowest BCUT2D eigenvalue weighted by molar-refractivity contribution is 0.0698. The molecule has 0 fully saturated rings. The molecule has 0 amide bonds. The normalized spacial score (nSPS) is 10.4. The van der Waals surface area contributed by atoms with Crippen molar-refractivity contribution >= 4 is 28.9 Å². The molecule has 0 radical (unpaired) electrons. The highest BCUT2D eigenvalue weighted by Gasteiger charge is 2.14. The van der Waals surface area contributed by atoms with E-state index in [9.17, 15) is 9.18 Å². The quantitative estimate of drug-likeness (QED) is 0.740. The summed E-state index contributed by atoms with van der Waals surface area (Å²) in [6.45, 7) is 0.424. The van der Waals surface area contributed by atoms with E-state index < -0.39 is 5.97 Å². The van der Waals surface area contributed by atoms with E-state index in [0.717, 1.165) is 5.56 Å². The molecule has 21 heavy (non-hydrogen) atoms. The van der Waals surface area contributed by atoms with Crippen LogP contribution in [0.25, 0.3) is 0 Å². The first-order valence-corrected chi connectivity index (χ1v) is 6.66. The van der Waals surface area contributed by atoms with Gasteiger partial charge in [0.1, 0.15) is 5.82 Å². The van der Waals surface area contributed by atoms with E-state index in [1.807, 2.05) is 0 Å². The van der Waals surface area contributed by atoms with Gasteiger partial charge >= 0.3 is 5.97 Å². The van der Waals surface area contributed by atoms with Crippen LogP contribution in [0.5, 0.6) is 0 Å². The van der Waals surface area contributed by atoms with E-state index in [1.54, 1.807) is 12.1 Å². The summed E-state index contributed by atoms with van der Waals surface area (Å²) in [4.78, 5) is 11.2. The number of carboxylic acids is 1. The Morgan fingerprint density at radius 1 is 1.33 bits per heavy atom. The Balaban J connectivity index is 2.11. The molecule has 2 aromatic rings. The Morgan fingerprint density at radius 2 is 2.10 bits per heavy atom. The average Bonchev–Trinajstić information content (AvgIpc) is 2.40. The fourth-order valence-corrected chi connectivity index (χ4v) is 2.29. The molecule has 4 nitrogen and oxygen atoms in total. The predicted molar refractivity (Wildman–Crippen MR) is 81.4 cm³/mol. The van der Waals surface area contributed by atoms with Gasteiger partial charge in [0.2, 0.25) is 0 Å². The summed E-state index contributed by atoms with van der Waals surface area (Å²) in [5, 5.41) is 12.4. The van der Waals surface area contributed by atoms with Gasteiger partial charge in [-0.15, -0.1) is 0 Å². The van der Waals surface area contributed by atoms with Gasteiger partial charge in [0.05, 0.1) is 16.3 Å². The first-order valence-electron chi connectivity index (χ1n) is 6.28. The van der Waals surface area contributed by atoms with Crippen LogP contribution in [0.3, 0.4) is 0 Å². The molecule has 0 saturated heterocycles. The topological polar surface area (TPSA) is 75.3 Å². The lowest BCUT2D eigenvalue weighted by Gasteiger charge is -2.12. The molecule has 0 aliphatic heterocycles. The molecule has 0 aromatic heterocycles. The number of hydrogen-bond donors (Lipinski definition) is 3. The molecular weight excluding hydrogens is 295 g/mol. The van der Waals surface area contributed by atoms with E-state index in [0.29, 0.717) is 18.7 Å². The van der Waals surface area contributed by atoms with Crippen LogP contribution >= 0.6 is 11.6 Å². The molecule has 6 heteroatoms. The van der Waals surface area contributed by atoms with Gasteiger partial charge in [-0.2, -0.15) is 0 Å². The van der Waals surface area contributed by atoms with Crippen LogP contribution in [0.4, 0.5) is 15.8 Å².